The van der Waals surface area contributed by atoms with E-state index in [-0.39, 0.29) is 11.8 Å². The van der Waals surface area contributed by atoms with Gasteiger partial charge in [-0.25, -0.2) is 0 Å². The van der Waals surface area contributed by atoms with Crippen LogP contribution >= 0.6 is 0 Å². The molecule has 2 rings (SSSR count). The van der Waals surface area contributed by atoms with Crippen molar-refractivity contribution in [2.75, 3.05) is 13.2 Å². The molecule has 5 heteroatoms. The van der Waals surface area contributed by atoms with Crippen LogP contribution in [0.1, 0.15) is 49.9 Å². The van der Waals surface area contributed by atoms with Gasteiger partial charge in [-0.15, -0.1) is 6.58 Å². The number of rotatable bonds is 8. The molecule has 1 aliphatic rings. The fraction of sp³-hybridized carbons (Fsp3) is 0.545. The van der Waals surface area contributed by atoms with Crippen LogP contribution in [0, 0.1) is 5.41 Å². The van der Waals surface area contributed by atoms with E-state index in [4.69, 9.17) is 4.43 Å². The number of benzene rings is 1. The molecule has 4 nitrogen and oxygen atoms in total. The molecule has 0 spiro atoms. The van der Waals surface area contributed by atoms with Crippen molar-refractivity contribution >= 4 is 20.1 Å². The van der Waals surface area contributed by atoms with Gasteiger partial charge in [0, 0.05) is 18.7 Å². The van der Waals surface area contributed by atoms with Gasteiger partial charge < -0.3 is 4.43 Å². The summed E-state index contributed by atoms with van der Waals surface area (Å²) >= 11 is 0. The van der Waals surface area contributed by atoms with Crippen LogP contribution in [0.2, 0.25) is 18.6 Å². The summed E-state index contributed by atoms with van der Waals surface area (Å²) in [6, 6.07) is 9.04. The summed E-state index contributed by atoms with van der Waals surface area (Å²) in [5.74, 6) is -0.276. The number of piperidine rings is 1. The summed E-state index contributed by atoms with van der Waals surface area (Å²) in [4.78, 5) is 27.7. The van der Waals surface area contributed by atoms with Crippen LogP contribution in [0.25, 0.3) is 0 Å². The standard InChI is InChI=1S/C22H33NO3Si/c1-6-13-22(15-17-26-27(4,5)18(2)3)14-10-16-23(21(22)25)20(24)19-11-8-7-9-12-19/h6-9,11-12,18H,1,10,13-17H2,2-5H3/t22-/m1/s1. The minimum Gasteiger partial charge on any atom is -0.417 e. The van der Waals surface area contributed by atoms with Gasteiger partial charge in [0.1, 0.15) is 0 Å². The van der Waals surface area contributed by atoms with Gasteiger partial charge in [-0.05, 0) is 56.5 Å². The van der Waals surface area contributed by atoms with Crippen LogP contribution in [-0.4, -0.2) is 38.2 Å². The van der Waals surface area contributed by atoms with Crippen molar-refractivity contribution in [2.24, 2.45) is 5.41 Å². The number of amides is 2. The van der Waals surface area contributed by atoms with E-state index in [0.717, 1.165) is 12.8 Å². The van der Waals surface area contributed by atoms with Gasteiger partial charge in [0.25, 0.3) is 5.91 Å². The molecular weight excluding hydrogens is 354 g/mol. The fourth-order valence-electron chi connectivity index (χ4n) is 3.48. The monoisotopic (exact) mass is 387 g/mol. The lowest BCUT2D eigenvalue weighted by Crippen LogP contribution is -2.51. The maximum absolute atomic E-state index is 13.4. The van der Waals surface area contributed by atoms with Crippen LogP contribution in [0.3, 0.4) is 0 Å². The number of carbonyl (C=O) groups excluding carboxylic acids is 2. The number of allylic oxidation sites excluding steroid dienone is 1. The minimum atomic E-state index is -1.75. The summed E-state index contributed by atoms with van der Waals surface area (Å²) in [5.41, 5.74) is 0.502. The highest BCUT2D eigenvalue weighted by molar-refractivity contribution is 6.72. The molecule has 0 aromatic heterocycles. The highest BCUT2D eigenvalue weighted by atomic mass is 28.4. The highest BCUT2D eigenvalue weighted by Gasteiger charge is 2.45. The van der Waals surface area contributed by atoms with Gasteiger partial charge in [0.05, 0.1) is 5.41 Å². The number of imide groups is 1. The quantitative estimate of drug-likeness (QED) is 0.357. The van der Waals surface area contributed by atoms with Crippen LogP contribution < -0.4 is 0 Å². The molecule has 0 unspecified atom stereocenters. The van der Waals surface area contributed by atoms with Crippen molar-refractivity contribution in [3.8, 4) is 0 Å². The zero-order valence-electron chi connectivity index (χ0n) is 17.2. The Balaban J connectivity index is 2.16. The predicted octanol–water partition coefficient (Wildman–Crippen LogP) is 5.03. The van der Waals surface area contributed by atoms with Gasteiger partial charge in [0.2, 0.25) is 5.91 Å². The van der Waals surface area contributed by atoms with Crippen molar-refractivity contribution in [3.05, 3.63) is 48.6 Å². The normalized spacial score (nSPS) is 20.8. The van der Waals surface area contributed by atoms with E-state index in [9.17, 15) is 9.59 Å². The van der Waals surface area contributed by atoms with Crippen molar-refractivity contribution in [1.82, 2.24) is 4.90 Å². The van der Waals surface area contributed by atoms with E-state index < -0.39 is 13.7 Å². The smallest absolute Gasteiger partial charge is 0.260 e. The van der Waals surface area contributed by atoms with Gasteiger partial charge in [-0.1, -0.05) is 38.1 Å². The number of hydrogen-bond donors (Lipinski definition) is 0. The molecule has 1 saturated heterocycles. The van der Waals surface area contributed by atoms with E-state index in [2.05, 4.69) is 33.5 Å². The fourth-order valence-corrected chi connectivity index (χ4v) is 4.44. The molecule has 0 N–H and O–H groups in total. The van der Waals surface area contributed by atoms with Crippen LogP contribution in [0.4, 0.5) is 0 Å². The van der Waals surface area contributed by atoms with Crippen LogP contribution in [0.15, 0.2) is 43.0 Å². The van der Waals surface area contributed by atoms with Gasteiger partial charge in [0.15, 0.2) is 8.32 Å². The van der Waals surface area contributed by atoms with Gasteiger partial charge in [-0.2, -0.15) is 0 Å². The summed E-state index contributed by atoms with van der Waals surface area (Å²) in [5, 5.41) is 0. The third kappa shape index (κ3) is 4.96. The first-order valence-corrected chi connectivity index (χ1v) is 12.9. The first-order chi connectivity index (χ1) is 12.7. The van der Waals surface area contributed by atoms with Crippen LogP contribution in [0.5, 0.6) is 0 Å². The van der Waals surface area contributed by atoms with Crippen molar-refractivity contribution in [2.45, 2.75) is 58.2 Å². The number of likely N-dealkylation sites (tertiary alicyclic amines) is 1. The Hall–Kier alpha value is -1.72. The largest absolute Gasteiger partial charge is 0.417 e. The topological polar surface area (TPSA) is 46.6 Å². The molecule has 2 amide bonds. The Labute approximate surface area is 164 Å². The second kappa shape index (κ2) is 8.98. The Morgan fingerprint density at radius 2 is 2.00 bits per heavy atom. The molecule has 1 heterocycles. The molecule has 1 aromatic carbocycles. The first kappa shape index (κ1) is 21.6. The number of carbonyl (C=O) groups is 2. The van der Waals surface area contributed by atoms with Gasteiger partial charge >= 0.3 is 0 Å². The average Bonchev–Trinajstić information content (AvgIpc) is 2.64. The molecular formula is C22H33NO3Si. The molecule has 1 aliphatic heterocycles. The minimum absolute atomic E-state index is 0.0740. The van der Waals surface area contributed by atoms with E-state index in [0.29, 0.717) is 37.1 Å². The number of hydrogen-bond acceptors (Lipinski definition) is 3. The average molecular weight is 388 g/mol. The molecule has 0 saturated carbocycles. The Morgan fingerprint density at radius 1 is 1.33 bits per heavy atom. The predicted molar refractivity (Wildman–Crippen MR) is 112 cm³/mol. The number of nitrogens with zero attached hydrogens (tertiary/aromatic N) is 1. The van der Waals surface area contributed by atoms with E-state index in [1.54, 1.807) is 18.2 Å². The second-order valence-corrected chi connectivity index (χ2v) is 13.0. The van der Waals surface area contributed by atoms with E-state index in [1.807, 2.05) is 18.2 Å². The molecule has 0 bridgehead atoms. The highest BCUT2D eigenvalue weighted by Crippen LogP contribution is 2.39. The molecule has 0 aliphatic carbocycles. The van der Waals surface area contributed by atoms with Gasteiger partial charge in [-0.3, -0.25) is 14.5 Å². The Kier molecular flexibility index (Phi) is 7.17. The van der Waals surface area contributed by atoms with E-state index >= 15 is 0 Å². The third-order valence-corrected chi connectivity index (χ3v) is 9.71. The van der Waals surface area contributed by atoms with Crippen LogP contribution in [-0.2, 0) is 9.22 Å². The molecule has 0 radical (unpaired) electrons. The zero-order chi connectivity index (χ0) is 20.1. The molecule has 148 valence electrons. The van der Waals surface area contributed by atoms with Crippen molar-refractivity contribution in [1.29, 1.82) is 0 Å². The van der Waals surface area contributed by atoms with E-state index in [1.165, 1.54) is 4.90 Å². The zero-order valence-corrected chi connectivity index (χ0v) is 18.2. The second-order valence-electron chi connectivity index (χ2n) is 8.36. The molecule has 1 atom stereocenters. The lowest BCUT2D eigenvalue weighted by Gasteiger charge is -2.41. The molecule has 1 aromatic rings. The lowest BCUT2D eigenvalue weighted by atomic mass is 9.73. The Bertz CT molecular complexity index is 671. The lowest BCUT2D eigenvalue weighted by molar-refractivity contribution is -0.144. The maximum Gasteiger partial charge on any atom is 0.260 e. The summed E-state index contributed by atoms with van der Waals surface area (Å²) in [6.07, 6.45) is 4.63. The summed E-state index contributed by atoms with van der Waals surface area (Å²) < 4.78 is 6.24. The molecule has 27 heavy (non-hydrogen) atoms. The first-order valence-electron chi connectivity index (χ1n) is 9.90. The maximum atomic E-state index is 13.4. The Morgan fingerprint density at radius 3 is 2.59 bits per heavy atom. The summed E-state index contributed by atoms with van der Waals surface area (Å²) in [7, 11) is -1.75. The third-order valence-electron chi connectivity index (χ3n) is 5.98. The summed E-state index contributed by atoms with van der Waals surface area (Å²) in [6.45, 7) is 13.7. The SMILES string of the molecule is C=CC[C@]1(CCO[Si](C)(C)C(C)C)CCCN(C(=O)c2ccccc2)C1=O. The van der Waals surface area contributed by atoms with Crippen molar-refractivity contribution in [3.63, 3.8) is 0 Å². The molecule has 1 fully saturated rings. The van der Waals surface area contributed by atoms with Crippen molar-refractivity contribution < 1.29 is 14.0 Å².